The van der Waals surface area contributed by atoms with E-state index in [0.717, 1.165) is 31.0 Å². The van der Waals surface area contributed by atoms with Gasteiger partial charge in [0, 0.05) is 49.7 Å². The molecule has 0 unspecified atom stereocenters. The summed E-state index contributed by atoms with van der Waals surface area (Å²) in [6.45, 7) is 5.69. The van der Waals surface area contributed by atoms with Crippen LogP contribution in [0.2, 0.25) is 0 Å². The quantitative estimate of drug-likeness (QED) is 0.814. The van der Waals surface area contributed by atoms with Gasteiger partial charge in [0.05, 0.1) is 11.4 Å². The van der Waals surface area contributed by atoms with Crippen LogP contribution in [0.15, 0.2) is 18.3 Å². The van der Waals surface area contributed by atoms with Gasteiger partial charge in [-0.15, -0.1) is 0 Å². The number of aromatic nitrogens is 3. The van der Waals surface area contributed by atoms with Crippen molar-refractivity contribution >= 4 is 23.2 Å². The van der Waals surface area contributed by atoms with Gasteiger partial charge in [0.1, 0.15) is 17.2 Å². The van der Waals surface area contributed by atoms with Gasteiger partial charge in [-0.3, -0.25) is 4.79 Å². The number of aliphatic hydroxyl groups is 1. The summed E-state index contributed by atoms with van der Waals surface area (Å²) in [5.41, 5.74) is 0.420. The fourth-order valence-electron chi connectivity index (χ4n) is 3.66. The summed E-state index contributed by atoms with van der Waals surface area (Å²) in [7, 11) is 0. The Morgan fingerprint density at radius 1 is 1.24 bits per heavy atom. The molecule has 2 aliphatic rings. The summed E-state index contributed by atoms with van der Waals surface area (Å²) in [5, 5.41) is 13.0. The molecular weight excluding hydrogens is 380 g/mol. The molecule has 154 valence electrons. The molecule has 0 atom stereocenters. The van der Waals surface area contributed by atoms with E-state index in [-0.39, 0.29) is 17.0 Å². The van der Waals surface area contributed by atoms with Crippen LogP contribution in [0.25, 0.3) is 0 Å². The van der Waals surface area contributed by atoms with Crippen molar-refractivity contribution in [3.05, 3.63) is 35.4 Å². The van der Waals surface area contributed by atoms with E-state index in [2.05, 4.69) is 20.3 Å². The van der Waals surface area contributed by atoms with E-state index < -0.39 is 17.3 Å². The molecule has 9 heteroatoms. The lowest BCUT2D eigenvalue weighted by molar-refractivity contribution is -0.114. The number of hydrogen-bond acceptors (Lipinski definition) is 6. The largest absolute Gasteiger partial charge is 0.384 e. The number of fused-ring (bicyclic) bond motifs is 2. The average Bonchev–Trinajstić information content (AvgIpc) is 3.30. The molecule has 0 radical (unpaired) electrons. The molecule has 2 aromatic rings. The number of rotatable bonds is 4. The van der Waals surface area contributed by atoms with Crippen molar-refractivity contribution in [1.29, 1.82) is 0 Å². The van der Waals surface area contributed by atoms with E-state index in [1.54, 1.807) is 18.3 Å². The zero-order valence-corrected chi connectivity index (χ0v) is 16.8. The number of carbonyl (C=O) groups excluding carboxylic acids is 1. The monoisotopic (exact) mass is 403 g/mol. The normalized spacial score (nSPS) is 17.4. The van der Waals surface area contributed by atoms with E-state index in [0.29, 0.717) is 18.2 Å². The van der Waals surface area contributed by atoms with Crippen molar-refractivity contribution in [2.45, 2.75) is 57.5 Å². The lowest BCUT2D eigenvalue weighted by Crippen LogP contribution is -2.26. The van der Waals surface area contributed by atoms with E-state index in [1.165, 1.54) is 20.8 Å². The molecule has 0 aromatic carbocycles. The van der Waals surface area contributed by atoms with Gasteiger partial charge in [0.25, 0.3) is 0 Å². The van der Waals surface area contributed by atoms with Crippen LogP contribution < -0.4 is 10.2 Å². The smallest absolute Gasteiger partial charge is 0.303 e. The number of amides is 1. The molecule has 1 fully saturated rings. The van der Waals surface area contributed by atoms with E-state index in [4.69, 9.17) is 0 Å². The fraction of sp³-hybridized carbons (Fsp3) is 0.500. The zero-order valence-electron chi connectivity index (χ0n) is 16.8. The highest BCUT2D eigenvalue weighted by Crippen LogP contribution is 2.58. The molecule has 1 amide bonds. The minimum absolute atomic E-state index is 0.0776. The van der Waals surface area contributed by atoms with Gasteiger partial charge in [0.2, 0.25) is 11.7 Å². The van der Waals surface area contributed by atoms with Crippen molar-refractivity contribution < 1.29 is 18.7 Å². The highest BCUT2D eigenvalue weighted by Gasteiger charge is 2.53. The molecule has 1 saturated carbocycles. The summed E-state index contributed by atoms with van der Waals surface area (Å²) in [6.07, 6.45) is 3.68. The molecule has 2 aromatic heterocycles. The lowest BCUT2D eigenvalue weighted by Gasteiger charge is -2.24. The van der Waals surface area contributed by atoms with Crippen LogP contribution in [0.4, 0.5) is 26.1 Å². The first kappa shape index (κ1) is 19.6. The third-order valence-corrected chi connectivity index (χ3v) is 5.37. The van der Waals surface area contributed by atoms with Crippen molar-refractivity contribution in [3.8, 4) is 0 Å². The first-order chi connectivity index (χ1) is 13.4. The summed E-state index contributed by atoms with van der Waals surface area (Å²) >= 11 is 0. The lowest BCUT2D eigenvalue weighted by atomic mass is 10.0. The maximum Gasteiger partial charge on any atom is 0.303 e. The Morgan fingerprint density at radius 2 is 1.93 bits per heavy atom. The summed E-state index contributed by atoms with van der Waals surface area (Å²) in [4.78, 5) is 25.6. The Kier molecular flexibility index (Phi) is 4.17. The van der Waals surface area contributed by atoms with Gasteiger partial charge in [-0.05, 0) is 26.7 Å². The third-order valence-electron chi connectivity index (χ3n) is 5.37. The number of nitrogens with one attached hydrogen (secondary N) is 1. The molecule has 29 heavy (non-hydrogen) atoms. The first-order valence-corrected chi connectivity index (χ1v) is 9.45. The van der Waals surface area contributed by atoms with Crippen molar-refractivity contribution in [3.63, 3.8) is 0 Å². The van der Waals surface area contributed by atoms with Gasteiger partial charge < -0.3 is 15.3 Å². The maximum atomic E-state index is 14.1. The van der Waals surface area contributed by atoms with E-state index >= 15 is 0 Å². The number of carbonyl (C=O) groups is 1. The molecule has 1 aliphatic carbocycles. The summed E-state index contributed by atoms with van der Waals surface area (Å²) in [6, 6.07) is 3.28. The Hall–Kier alpha value is -2.68. The Bertz CT molecular complexity index is 961. The van der Waals surface area contributed by atoms with Crippen molar-refractivity contribution in [1.82, 2.24) is 15.0 Å². The standard InChI is InChI=1S/C20H23F2N5O2/c1-11(28)24-15-7-13-12(9-23-15)20(5-6-20)10-27(13)16-8-14(18(2,3)29)25-17(26-16)19(4,21)22/h7-9,29H,5-6,10H2,1-4H3,(H,23,24,28). The Labute approximate surface area is 167 Å². The molecule has 3 heterocycles. The number of alkyl halides is 2. The van der Waals surface area contributed by atoms with Crippen LogP contribution in [-0.4, -0.2) is 32.5 Å². The van der Waals surface area contributed by atoms with E-state index in [1.807, 2.05) is 4.90 Å². The SMILES string of the molecule is CC(=O)Nc1cc2c(cn1)C1(CC1)CN2c1cc(C(C)(C)O)nc(C(C)(F)F)n1. The van der Waals surface area contributed by atoms with E-state index in [9.17, 15) is 18.7 Å². The zero-order chi connectivity index (χ0) is 21.2. The number of hydrogen-bond donors (Lipinski definition) is 2. The number of nitrogens with zero attached hydrogens (tertiary/aromatic N) is 4. The average molecular weight is 403 g/mol. The molecule has 1 spiro atoms. The minimum atomic E-state index is -3.25. The predicted octanol–water partition coefficient (Wildman–Crippen LogP) is 3.35. The molecule has 7 nitrogen and oxygen atoms in total. The number of anilines is 3. The second-order valence-corrected chi connectivity index (χ2v) is 8.52. The van der Waals surface area contributed by atoms with Crippen molar-refractivity contribution in [2.75, 3.05) is 16.8 Å². The van der Waals surface area contributed by atoms with Gasteiger partial charge in [-0.2, -0.15) is 8.78 Å². The second kappa shape index (κ2) is 6.16. The van der Waals surface area contributed by atoms with Crippen LogP contribution in [0.5, 0.6) is 0 Å². The highest BCUT2D eigenvalue weighted by molar-refractivity contribution is 5.89. The van der Waals surface area contributed by atoms with Crippen LogP contribution in [0.1, 0.15) is 57.6 Å². The molecule has 0 bridgehead atoms. The van der Waals surface area contributed by atoms with Crippen LogP contribution in [-0.2, 0) is 21.7 Å². The number of pyridine rings is 1. The van der Waals surface area contributed by atoms with Gasteiger partial charge >= 0.3 is 5.92 Å². The summed E-state index contributed by atoms with van der Waals surface area (Å²) < 4.78 is 28.1. The summed E-state index contributed by atoms with van der Waals surface area (Å²) in [5.74, 6) is -3.46. The van der Waals surface area contributed by atoms with Gasteiger partial charge in [0.15, 0.2) is 0 Å². The van der Waals surface area contributed by atoms with Crippen molar-refractivity contribution in [2.24, 2.45) is 0 Å². The fourth-order valence-corrected chi connectivity index (χ4v) is 3.66. The topological polar surface area (TPSA) is 91.2 Å². The molecular formula is C20H23F2N5O2. The molecule has 0 saturated heterocycles. The molecule has 1 aliphatic heterocycles. The highest BCUT2D eigenvalue weighted by atomic mass is 19.3. The predicted molar refractivity (Wildman–Crippen MR) is 103 cm³/mol. The maximum absolute atomic E-state index is 14.1. The molecule has 2 N–H and O–H groups in total. The van der Waals surface area contributed by atoms with Gasteiger partial charge in [-0.25, -0.2) is 15.0 Å². The first-order valence-electron chi connectivity index (χ1n) is 9.45. The van der Waals surface area contributed by atoms with Crippen LogP contribution in [0.3, 0.4) is 0 Å². The molecule has 4 rings (SSSR count). The minimum Gasteiger partial charge on any atom is -0.384 e. The Morgan fingerprint density at radius 3 is 2.48 bits per heavy atom. The van der Waals surface area contributed by atoms with Crippen LogP contribution >= 0.6 is 0 Å². The van der Waals surface area contributed by atoms with Crippen LogP contribution in [0, 0.1) is 0 Å². The second-order valence-electron chi connectivity index (χ2n) is 8.52. The Balaban J connectivity index is 1.85. The number of halogens is 2. The van der Waals surface area contributed by atoms with Gasteiger partial charge in [-0.1, -0.05) is 0 Å². The third kappa shape index (κ3) is 3.55.